The van der Waals surface area contributed by atoms with Crippen molar-refractivity contribution in [2.75, 3.05) is 18.8 Å². The van der Waals surface area contributed by atoms with Crippen LogP contribution in [0.25, 0.3) is 0 Å². The van der Waals surface area contributed by atoms with E-state index in [1.807, 2.05) is 0 Å². The maximum absolute atomic E-state index is 4.51. The molecule has 2 aliphatic rings. The third kappa shape index (κ3) is 1.89. The molecule has 0 radical (unpaired) electrons. The molecule has 0 spiro atoms. The van der Waals surface area contributed by atoms with Crippen molar-refractivity contribution in [2.24, 2.45) is 5.41 Å². The Morgan fingerprint density at radius 1 is 1.38 bits per heavy atom. The van der Waals surface area contributed by atoms with Gasteiger partial charge in [-0.25, -0.2) is 0 Å². The maximum atomic E-state index is 4.51. The molecule has 0 amide bonds. The van der Waals surface area contributed by atoms with Crippen LogP contribution in [0.1, 0.15) is 39.0 Å². The highest BCUT2D eigenvalue weighted by Crippen LogP contribution is 2.43. The molecule has 0 aromatic heterocycles. The molecule has 1 heterocycles. The summed E-state index contributed by atoms with van der Waals surface area (Å²) in [5.74, 6) is 1.09. The molecule has 0 aromatic carbocycles. The van der Waals surface area contributed by atoms with Crippen LogP contribution < -0.4 is 0 Å². The molecule has 1 atom stereocenters. The van der Waals surface area contributed by atoms with Crippen molar-refractivity contribution < 1.29 is 0 Å². The first kappa shape index (κ1) is 9.85. The Morgan fingerprint density at radius 3 is 2.54 bits per heavy atom. The molecule has 1 nitrogen and oxygen atoms in total. The van der Waals surface area contributed by atoms with E-state index >= 15 is 0 Å². The van der Waals surface area contributed by atoms with E-state index in [4.69, 9.17) is 0 Å². The molecule has 1 aliphatic carbocycles. The van der Waals surface area contributed by atoms with Crippen molar-refractivity contribution in [3.63, 3.8) is 0 Å². The monoisotopic (exact) mass is 199 g/mol. The lowest BCUT2D eigenvalue weighted by Crippen LogP contribution is -2.44. The second-order valence-electron chi connectivity index (χ2n) is 4.97. The predicted octanol–water partition coefficient (Wildman–Crippen LogP) is 2.57. The first-order valence-corrected chi connectivity index (χ1v) is 6.24. The third-order valence-corrected chi connectivity index (χ3v) is 4.65. The Kier molecular flexibility index (Phi) is 2.89. The summed E-state index contributed by atoms with van der Waals surface area (Å²) < 4.78 is 0. The van der Waals surface area contributed by atoms with E-state index in [1.54, 1.807) is 0 Å². The average molecular weight is 199 g/mol. The molecule has 13 heavy (non-hydrogen) atoms. The summed E-state index contributed by atoms with van der Waals surface area (Å²) in [6, 6.07) is 0.831. The molecular formula is C11H21NS. The number of rotatable bonds is 3. The van der Waals surface area contributed by atoms with E-state index in [0.29, 0.717) is 5.41 Å². The fourth-order valence-electron chi connectivity index (χ4n) is 2.70. The van der Waals surface area contributed by atoms with Crippen LogP contribution in [-0.2, 0) is 0 Å². The van der Waals surface area contributed by atoms with Gasteiger partial charge in [0.2, 0.25) is 0 Å². The van der Waals surface area contributed by atoms with Gasteiger partial charge >= 0.3 is 0 Å². The zero-order valence-electron chi connectivity index (χ0n) is 8.63. The van der Waals surface area contributed by atoms with Gasteiger partial charge in [0.05, 0.1) is 0 Å². The first-order chi connectivity index (χ1) is 6.26. The predicted molar refractivity (Wildman–Crippen MR) is 60.4 cm³/mol. The Labute approximate surface area is 87.3 Å². The maximum Gasteiger partial charge on any atom is 0.00676 e. The lowest BCUT2D eigenvalue weighted by Gasteiger charge is -2.44. The lowest BCUT2D eigenvalue weighted by atomic mass is 9.70. The molecule has 0 aromatic rings. The molecule has 1 unspecified atom stereocenters. The van der Waals surface area contributed by atoms with E-state index in [0.717, 1.165) is 11.8 Å². The Bertz CT molecular complexity index is 171. The van der Waals surface area contributed by atoms with E-state index in [1.165, 1.54) is 45.2 Å². The number of likely N-dealkylation sites (tertiary alicyclic amines) is 1. The van der Waals surface area contributed by atoms with Gasteiger partial charge in [-0.1, -0.05) is 6.42 Å². The highest BCUT2D eigenvalue weighted by molar-refractivity contribution is 7.80. The molecule has 0 N–H and O–H groups in total. The van der Waals surface area contributed by atoms with Gasteiger partial charge < -0.3 is 4.90 Å². The molecule has 0 bridgehead atoms. The molecule has 1 aliphatic heterocycles. The quantitative estimate of drug-likeness (QED) is 0.684. The van der Waals surface area contributed by atoms with Crippen LogP contribution in [0.4, 0.5) is 0 Å². The summed E-state index contributed by atoms with van der Waals surface area (Å²) in [5, 5.41) is 0. The summed E-state index contributed by atoms with van der Waals surface area (Å²) in [5.41, 5.74) is 0.599. The highest BCUT2D eigenvalue weighted by Gasteiger charge is 2.38. The van der Waals surface area contributed by atoms with Crippen LogP contribution in [0, 0.1) is 5.41 Å². The molecule has 1 saturated carbocycles. The topological polar surface area (TPSA) is 3.24 Å². The number of thiol groups is 1. The van der Waals surface area contributed by atoms with Crippen LogP contribution in [0.2, 0.25) is 0 Å². The summed E-state index contributed by atoms with van der Waals surface area (Å²) >= 11 is 4.51. The summed E-state index contributed by atoms with van der Waals surface area (Å²) in [4.78, 5) is 2.68. The van der Waals surface area contributed by atoms with Gasteiger partial charge in [-0.3, -0.25) is 0 Å². The molecule has 2 rings (SSSR count). The van der Waals surface area contributed by atoms with Crippen LogP contribution in [-0.4, -0.2) is 29.8 Å². The van der Waals surface area contributed by atoms with Crippen LogP contribution in [0.15, 0.2) is 0 Å². The molecular weight excluding hydrogens is 178 g/mol. The SMILES string of the molecule is CC1CCCN1CC1(CS)CCC1. The average Bonchev–Trinajstić information content (AvgIpc) is 2.44. The van der Waals surface area contributed by atoms with Crippen LogP contribution >= 0.6 is 12.6 Å². The fraction of sp³-hybridized carbons (Fsp3) is 1.00. The minimum absolute atomic E-state index is 0.599. The molecule has 2 heteroatoms. The summed E-state index contributed by atoms with van der Waals surface area (Å²) in [7, 11) is 0. The van der Waals surface area contributed by atoms with Crippen molar-refractivity contribution in [1.82, 2.24) is 4.90 Å². The van der Waals surface area contributed by atoms with E-state index in [9.17, 15) is 0 Å². The Morgan fingerprint density at radius 2 is 2.15 bits per heavy atom. The normalized spacial score (nSPS) is 33.2. The van der Waals surface area contributed by atoms with Crippen molar-refractivity contribution >= 4 is 12.6 Å². The second-order valence-corrected chi connectivity index (χ2v) is 5.29. The second kappa shape index (κ2) is 3.82. The zero-order valence-corrected chi connectivity index (χ0v) is 9.52. The number of nitrogens with zero attached hydrogens (tertiary/aromatic N) is 1. The molecule has 1 saturated heterocycles. The van der Waals surface area contributed by atoms with Gasteiger partial charge in [-0.05, 0) is 50.3 Å². The van der Waals surface area contributed by atoms with Crippen molar-refractivity contribution in [1.29, 1.82) is 0 Å². The lowest BCUT2D eigenvalue weighted by molar-refractivity contribution is 0.0870. The zero-order chi connectivity index (χ0) is 9.31. The number of hydrogen-bond acceptors (Lipinski definition) is 2. The minimum atomic E-state index is 0.599. The molecule has 2 fully saturated rings. The summed E-state index contributed by atoms with van der Waals surface area (Å²) in [6.45, 7) is 5.02. The third-order valence-electron chi connectivity index (χ3n) is 3.98. The number of hydrogen-bond donors (Lipinski definition) is 1. The standard InChI is InChI=1S/C11H21NS/c1-10-4-2-7-12(10)8-11(9-13)5-3-6-11/h10,13H,2-9H2,1H3. The smallest absolute Gasteiger partial charge is 0.00676 e. The van der Waals surface area contributed by atoms with E-state index in [-0.39, 0.29) is 0 Å². The van der Waals surface area contributed by atoms with Crippen molar-refractivity contribution in [2.45, 2.75) is 45.1 Å². The summed E-state index contributed by atoms with van der Waals surface area (Å²) in [6.07, 6.45) is 7.08. The first-order valence-electron chi connectivity index (χ1n) is 5.61. The van der Waals surface area contributed by atoms with Gasteiger partial charge in [0.15, 0.2) is 0 Å². The van der Waals surface area contributed by atoms with Gasteiger partial charge in [0.1, 0.15) is 0 Å². The Hall–Kier alpha value is 0.310. The van der Waals surface area contributed by atoms with Gasteiger partial charge in [-0.15, -0.1) is 0 Å². The van der Waals surface area contributed by atoms with Crippen LogP contribution in [0.3, 0.4) is 0 Å². The van der Waals surface area contributed by atoms with E-state index < -0.39 is 0 Å². The van der Waals surface area contributed by atoms with Crippen molar-refractivity contribution in [3.8, 4) is 0 Å². The molecule has 76 valence electrons. The van der Waals surface area contributed by atoms with Gasteiger partial charge in [0, 0.05) is 12.6 Å². The Balaban J connectivity index is 1.88. The van der Waals surface area contributed by atoms with Crippen LogP contribution in [0.5, 0.6) is 0 Å². The van der Waals surface area contributed by atoms with E-state index in [2.05, 4.69) is 24.5 Å². The van der Waals surface area contributed by atoms with Crippen molar-refractivity contribution in [3.05, 3.63) is 0 Å². The fourth-order valence-corrected chi connectivity index (χ4v) is 3.12. The minimum Gasteiger partial charge on any atom is -0.300 e. The highest BCUT2D eigenvalue weighted by atomic mass is 32.1. The largest absolute Gasteiger partial charge is 0.300 e. The van der Waals surface area contributed by atoms with Gasteiger partial charge in [0.25, 0.3) is 0 Å². The van der Waals surface area contributed by atoms with Gasteiger partial charge in [-0.2, -0.15) is 12.6 Å².